The number of hydrogen-bond acceptors (Lipinski definition) is 6. The summed E-state index contributed by atoms with van der Waals surface area (Å²) in [6.07, 6.45) is 2.71. The predicted octanol–water partition coefficient (Wildman–Crippen LogP) is 3.42. The van der Waals surface area contributed by atoms with Gasteiger partial charge >= 0.3 is 0 Å². The normalized spacial score (nSPS) is 13.7. The molecule has 0 atom stereocenters. The van der Waals surface area contributed by atoms with E-state index in [1.54, 1.807) is 24.4 Å². The third-order valence-electron chi connectivity index (χ3n) is 5.06. The molecular formula is C23H23N5O2. The summed E-state index contributed by atoms with van der Waals surface area (Å²) in [4.78, 5) is 19.0. The second-order valence-corrected chi connectivity index (χ2v) is 6.99. The quantitative estimate of drug-likeness (QED) is 0.449. The van der Waals surface area contributed by atoms with E-state index in [2.05, 4.69) is 27.3 Å². The highest BCUT2D eigenvalue weighted by Crippen LogP contribution is 2.32. The molecule has 0 saturated carbocycles. The van der Waals surface area contributed by atoms with Gasteiger partial charge in [-0.15, -0.1) is 0 Å². The van der Waals surface area contributed by atoms with Crippen molar-refractivity contribution in [3.05, 3.63) is 72.1 Å². The first-order valence-corrected chi connectivity index (χ1v) is 9.75. The van der Waals surface area contributed by atoms with E-state index in [1.165, 1.54) is 0 Å². The number of nitrogens with two attached hydrogens (primary N) is 1. The van der Waals surface area contributed by atoms with Crippen molar-refractivity contribution in [1.29, 1.82) is 5.41 Å². The van der Waals surface area contributed by atoms with E-state index in [1.807, 2.05) is 24.3 Å². The van der Waals surface area contributed by atoms with Crippen molar-refractivity contribution < 1.29 is 9.53 Å². The number of ether oxygens (including phenoxy) is 1. The van der Waals surface area contributed by atoms with Gasteiger partial charge in [0.05, 0.1) is 18.9 Å². The van der Waals surface area contributed by atoms with Gasteiger partial charge in [-0.1, -0.05) is 18.2 Å². The Morgan fingerprint density at radius 2 is 1.93 bits per heavy atom. The van der Waals surface area contributed by atoms with Crippen LogP contribution >= 0.6 is 0 Å². The van der Waals surface area contributed by atoms with Crippen LogP contribution in [0.15, 0.2) is 60.8 Å². The molecule has 0 radical (unpaired) electrons. The van der Waals surface area contributed by atoms with Crippen LogP contribution in [0.4, 0.5) is 17.1 Å². The Kier molecular flexibility index (Phi) is 5.72. The number of rotatable bonds is 5. The smallest absolute Gasteiger partial charge is 0.274 e. The summed E-state index contributed by atoms with van der Waals surface area (Å²) in [6.45, 7) is 3.14. The van der Waals surface area contributed by atoms with Crippen molar-refractivity contribution >= 4 is 29.2 Å². The second-order valence-electron chi connectivity index (χ2n) is 6.99. The van der Waals surface area contributed by atoms with Crippen LogP contribution in [0.2, 0.25) is 0 Å². The molecule has 0 bridgehead atoms. The standard InChI is InChI=1S/C23H23N5O2/c24-15-19-20(25)13-17(14-22(19)27-23(29)21-6-1-2-7-26-21)16-4-3-5-18(12-16)28-8-10-30-11-9-28/h1-7,12-15,24H,8-11,25H2,(H,27,29). The molecular weight excluding hydrogens is 378 g/mol. The van der Waals surface area contributed by atoms with Gasteiger partial charge in [0.1, 0.15) is 5.69 Å². The summed E-state index contributed by atoms with van der Waals surface area (Å²) in [5.74, 6) is -0.350. The molecule has 1 fully saturated rings. The molecule has 1 amide bonds. The fraction of sp³-hybridized carbons (Fsp3) is 0.174. The zero-order chi connectivity index (χ0) is 20.9. The number of benzene rings is 2. The molecule has 1 aromatic heterocycles. The number of carbonyl (C=O) groups is 1. The van der Waals surface area contributed by atoms with E-state index in [0.29, 0.717) is 22.6 Å². The van der Waals surface area contributed by atoms with Crippen molar-refractivity contribution in [2.45, 2.75) is 0 Å². The Bertz CT molecular complexity index is 1060. The summed E-state index contributed by atoms with van der Waals surface area (Å²) >= 11 is 0. The van der Waals surface area contributed by atoms with Crippen molar-refractivity contribution in [3.8, 4) is 11.1 Å². The average molecular weight is 401 g/mol. The number of hydrogen-bond donors (Lipinski definition) is 3. The SMILES string of the molecule is N=Cc1c(N)cc(-c2cccc(N3CCOCC3)c2)cc1NC(=O)c1ccccn1. The number of nitrogens with zero attached hydrogens (tertiary/aromatic N) is 2. The number of nitrogens with one attached hydrogen (secondary N) is 2. The zero-order valence-electron chi connectivity index (χ0n) is 16.5. The lowest BCUT2D eigenvalue weighted by Crippen LogP contribution is -2.36. The summed E-state index contributed by atoms with van der Waals surface area (Å²) in [5.41, 5.74) is 10.9. The first kappa shape index (κ1) is 19.6. The fourth-order valence-corrected chi connectivity index (χ4v) is 3.49. The summed E-state index contributed by atoms with van der Waals surface area (Å²) < 4.78 is 5.44. The highest BCUT2D eigenvalue weighted by Gasteiger charge is 2.15. The lowest BCUT2D eigenvalue weighted by molar-refractivity contribution is 0.102. The number of pyridine rings is 1. The van der Waals surface area contributed by atoms with Crippen LogP contribution < -0.4 is 16.0 Å². The molecule has 1 aliphatic rings. The first-order valence-electron chi connectivity index (χ1n) is 9.75. The van der Waals surface area contributed by atoms with Gasteiger partial charge in [0, 0.05) is 42.4 Å². The molecule has 3 aromatic rings. The van der Waals surface area contributed by atoms with E-state index in [9.17, 15) is 4.79 Å². The third kappa shape index (κ3) is 4.16. The van der Waals surface area contributed by atoms with E-state index >= 15 is 0 Å². The molecule has 0 unspecified atom stereocenters. The van der Waals surface area contributed by atoms with Gasteiger partial charge in [0.25, 0.3) is 5.91 Å². The van der Waals surface area contributed by atoms with Gasteiger partial charge in [-0.05, 0) is 47.5 Å². The van der Waals surface area contributed by atoms with Crippen LogP contribution in [0.1, 0.15) is 16.1 Å². The fourth-order valence-electron chi connectivity index (χ4n) is 3.49. The van der Waals surface area contributed by atoms with Crippen molar-refractivity contribution in [1.82, 2.24) is 4.98 Å². The molecule has 1 aliphatic heterocycles. The number of nitrogen functional groups attached to an aromatic ring is 1. The molecule has 2 heterocycles. The van der Waals surface area contributed by atoms with Gasteiger partial charge in [0.2, 0.25) is 0 Å². The predicted molar refractivity (Wildman–Crippen MR) is 119 cm³/mol. The molecule has 4 rings (SSSR count). The molecule has 30 heavy (non-hydrogen) atoms. The minimum Gasteiger partial charge on any atom is -0.398 e. The van der Waals surface area contributed by atoms with Crippen molar-refractivity contribution in [2.75, 3.05) is 42.3 Å². The third-order valence-corrected chi connectivity index (χ3v) is 5.06. The van der Waals surface area contributed by atoms with Crippen LogP contribution in [0, 0.1) is 5.41 Å². The number of morpholine rings is 1. The first-order chi connectivity index (χ1) is 14.7. The Morgan fingerprint density at radius 1 is 1.10 bits per heavy atom. The van der Waals surface area contributed by atoms with Gasteiger partial charge in [-0.2, -0.15) is 0 Å². The monoisotopic (exact) mass is 401 g/mol. The van der Waals surface area contributed by atoms with Crippen molar-refractivity contribution in [3.63, 3.8) is 0 Å². The maximum Gasteiger partial charge on any atom is 0.274 e. The van der Waals surface area contributed by atoms with Crippen molar-refractivity contribution in [2.24, 2.45) is 0 Å². The largest absolute Gasteiger partial charge is 0.398 e. The molecule has 7 nitrogen and oxygen atoms in total. The molecule has 0 spiro atoms. The second kappa shape index (κ2) is 8.75. The Hall–Kier alpha value is -3.71. The lowest BCUT2D eigenvalue weighted by atomic mass is 10.00. The maximum absolute atomic E-state index is 12.6. The lowest BCUT2D eigenvalue weighted by Gasteiger charge is -2.29. The van der Waals surface area contributed by atoms with E-state index in [4.69, 9.17) is 15.9 Å². The van der Waals surface area contributed by atoms with Gasteiger partial charge < -0.3 is 26.1 Å². The molecule has 152 valence electrons. The number of aromatic nitrogens is 1. The molecule has 2 aromatic carbocycles. The Morgan fingerprint density at radius 3 is 2.67 bits per heavy atom. The number of anilines is 3. The van der Waals surface area contributed by atoms with Gasteiger partial charge in [-0.25, -0.2) is 0 Å². The minimum absolute atomic E-state index is 0.298. The van der Waals surface area contributed by atoms with Gasteiger partial charge in [0.15, 0.2) is 0 Å². The molecule has 0 aliphatic carbocycles. The molecule has 4 N–H and O–H groups in total. The van der Waals surface area contributed by atoms with E-state index in [-0.39, 0.29) is 5.91 Å². The molecule has 1 saturated heterocycles. The minimum atomic E-state index is -0.350. The topological polar surface area (TPSA) is 104 Å². The van der Waals surface area contributed by atoms with E-state index < -0.39 is 0 Å². The van der Waals surface area contributed by atoms with E-state index in [0.717, 1.165) is 49.3 Å². The van der Waals surface area contributed by atoms with Crippen LogP contribution in [0.25, 0.3) is 11.1 Å². The zero-order valence-corrected chi connectivity index (χ0v) is 16.5. The van der Waals surface area contributed by atoms with Crippen LogP contribution in [0.3, 0.4) is 0 Å². The Balaban J connectivity index is 1.68. The van der Waals surface area contributed by atoms with Crippen LogP contribution in [-0.2, 0) is 4.74 Å². The van der Waals surface area contributed by atoms with Gasteiger partial charge in [-0.3, -0.25) is 9.78 Å². The highest BCUT2D eigenvalue weighted by atomic mass is 16.5. The summed E-state index contributed by atoms with van der Waals surface area (Å²) in [6, 6.07) is 17.0. The van der Waals surface area contributed by atoms with Crippen LogP contribution in [-0.4, -0.2) is 43.4 Å². The van der Waals surface area contributed by atoms with Crippen LogP contribution in [0.5, 0.6) is 0 Å². The number of carbonyl (C=O) groups excluding carboxylic acids is 1. The highest BCUT2D eigenvalue weighted by molar-refractivity contribution is 6.07. The summed E-state index contributed by atoms with van der Waals surface area (Å²) in [7, 11) is 0. The molecule has 7 heteroatoms. The summed E-state index contributed by atoms with van der Waals surface area (Å²) in [5, 5.41) is 10.6. The maximum atomic E-state index is 12.6. The average Bonchev–Trinajstić information content (AvgIpc) is 2.80. The number of amides is 1. The Labute approximate surface area is 175 Å².